The maximum absolute atomic E-state index is 13.0. The summed E-state index contributed by atoms with van der Waals surface area (Å²) in [6.07, 6.45) is -7.63. The molecule has 1 aliphatic heterocycles. The summed E-state index contributed by atoms with van der Waals surface area (Å²) >= 11 is 0. The second-order valence-electron chi connectivity index (χ2n) is 9.30. The smallest absolute Gasteiger partial charge is 0.416 e. The number of halogens is 9. The third kappa shape index (κ3) is 9.90. The number of rotatable bonds is 4. The van der Waals surface area contributed by atoms with Crippen molar-refractivity contribution in [2.45, 2.75) is 63.6 Å². The summed E-state index contributed by atoms with van der Waals surface area (Å²) in [5, 5.41) is 7.00. The molecule has 1 N–H and O–H groups in total. The molecule has 0 aromatic heterocycles. The van der Waals surface area contributed by atoms with Crippen LogP contribution >= 0.6 is 0 Å². The molecule has 1 saturated carbocycles. The molecule has 0 bridgehead atoms. The van der Waals surface area contributed by atoms with Gasteiger partial charge in [-0.1, -0.05) is 44.2 Å². The lowest BCUT2D eigenvalue weighted by Gasteiger charge is -2.24. The van der Waals surface area contributed by atoms with Gasteiger partial charge in [0.2, 0.25) is 0 Å². The van der Waals surface area contributed by atoms with Crippen LogP contribution in [0.1, 0.15) is 59.9 Å². The molecule has 2 aromatic carbocycles. The van der Waals surface area contributed by atoms with Crippen LogP contribution < -0.4 is 0 Å². The average molecular weight is 588 g/mol. The molecular formula is C27H30F9NO3. The van der Waals surface area contributed by atoms with E-state index in [1.54, 1.807) is 6.07 Å². The van der Waals surface area contributed by atoms with E-state index in [2.05, 4.69) is 0 Å². The van der Waals surface area contributed by atoms with Crippen LogP contribution in [0.25, 0.3) is 0 Å². The van der Waals surface area contributed by atoms with Gasteiger partial charge >= 0.3 is 24.6 Å². The summed E-state index contributed by atoms with van der Waals surface area (Å²) < 4.78 is 116. The highest BCUT2D eigenvalue weighted by Crippen LogP contribution is 2.35. The maximum Gasteiger partial charge on any atom is 0.416 e. The number of carbonyl (C=O) groups excluding carboxylic acids is 1. The van der Waals surface area contributed by atoms with Gasteiger partial charge in [0.15, 0.2) is 0 Å². The predicted molar refractivity (Wildman–Crippen MR) is 128 cm³/mol. The quantitative estimate of drug-likeness (QED) is 0.368. The van der Waals surface area contributed by atoms with E-state index in [9.17, 15) is 44.3 Å². The minimum atomic E-state index is -4.75. The Balaban J connectivity index is 0.000000299. The molecule has 1 heterocycles. The summed E-state index contributed by atoms with van der Waals surface area (Å²) in [5.41, 5.74) is -1.74. The topological polar surface area (TPSA) is 49.8 Å². The van der Waals surface area contributed by atoms with Crippen molar-refractivity contribution in [1.82, 2.24) is 4.90 Å². The van der Waals surface area contributed by atoms with Crippen molar-refractivity contribution in [2.24, 2.45) is 5.92 Å². The van der Waals surface area contributed by atoms with Crippen LogP contribution in [0.5, 0.6) is 0 Å². The van der Waals surface area contributed by atoms with Crippen molar-refractivity contribution in [3.8, 4) is 0 Å². The normalized spacial score (nSPS) is 16.5. The van der Waals surface area contributed by atoms with Crippen molar-refractivity contribution < 1.29 is 54.2 Å². The number of amides is 1. The van der Waals surface area contributed by atoms with E-state index >= 15 is 0 Å². The average Bonchev–Trinajstić information content (AvgIpc) is 3.30. The zero-order valence-electron chi connectivity index (χ0n) is 21.6. The predicted octanol–water partition coefficient (Wildman–Crippen LogP) is 8.11. The largest absolute Gasteiger partial charge is 0.448 e. The zero-order chi connectivity index (χ0) is 30.1. The van der Waals surface area contributed by atoms with Crippen LogP contribution in [0.15, 0.2) is 42.5 Å². The molecule has 2 aliphatic rings. The number of cyclic esters (lactones) is 1. The van der Waals surface area contributed by atoms with Crippen LogP contribution in [-0.4, -0.2) is 36.4 Å². The molecule has 13 heteroatoms. The molecule has 1 amide bonds. The van der Waals surface area contributed by atoms with Crippen LogP contribution in [0, 0.1) is 5.92 Å². The van der Waals surface area contributed by atoms with E-state index in [0.717, 1.165) is 44.1 Å². The molecule has 1 aliphatic carbocycles. The minimum Gasteiger partial charge on any atom is -0.448 e. The van der Waals surface area contributed by atoms with E-state index < -0.39 is 41.3 Å². The fourth-order valence-corrected chi connectivity index (χ4v) is 4.50. The van der Waals surface area contributed by atoms with Gasteiger partial charge in [-0.2, -0.15) is 39.5 Å². The van der Waals surface area contributed by atoms with Gasteiger partial charge in [0, 0.05) is 13.7 Å². The standard InChI is InChI=1S/C18H22F3NO2.C8H4F6.CH4O/c19-18(20,21)16-7-6-14(10-13-4-2-1-3-5-13)15(11-16)12-22-8-9-24-17(22)23;9-7(10,11)5-2-1-3-6(4-5)8(12,13)14;1-2/h6-7,11,13H,1-5,8-10,12H2;1-4H;2H,1H3. The molecule has 0 radical (unpaired) electrons. The van der Waals surface area contributed by atoms with Gasteiger partial charge < -0.3 is 14.7 Å². The van der Waals surface area contributed by atoms with E-state index in [0.29, 0.717) is 36.8 Å². The molecule has 0 spiro atoms. The highest BCUT2D eigenvalue weighted by Gasteiger charge is 2.36. The molecule has 4 rings (SSSR count). The fraction of sp³-hybridized carbons (Fsp3) is 0.519. The van der Waals surface area contributed by atoms with Gasteiger partial charge in [0.05, 0.1) is 23.2 Å². The fourth-order valence-electron chi connectivity index (χ4n) is 4.50. The van der Waals surface area contributed by atoms with E-state index in [1.165, 1.54) is 30.2 Å². The molecule has 1 saturated heterocycles. The lowest BCUT2D eigenvalue weighted by molar-refractivity contribution is -0.143. The van der Waals surface area contributed by atoms with Crippen molar-refractivity contribution in [3.63, 3.8) is 0 Å². The second-order valence-corrected chi connectivity index (χ2v) is 9.30. The van der Waals surface area contributed by atoms with E-state index in [4.69, 9.17) is 9.84 Å². The van der Waals surface area contributed by atoms with Crippen LogP contribution in [0.2, 0.25) is 0 Å². The zero-order valence-corrected chi connectivity index (χ0v) is 21.6. The molecule has 2 aromatic rings. The Labute approximate surface area is 225 Å². The highest BCUT2D eigenvalue weighted by molar-refractivity contribution is 5.69. The lowest BCUT2D eigenvalue weighted by atomic mass is 9.83. The van der Waals surface area contributed by atoms with Gasteiger partial charge in [0.25, 0.3) is 0 Å². The Morgan fingerprint density at radius 3 is 1.77 bits per heavy atom. The number of ether oxygens (including phenoxy) is 1. The van der Waals surface area contributed by atoms with Crippen LogP contribution in [0.4, 0.5) is 44.3 Å². The summed E-state index contributed by atoms with van der Waals surface area (Å²) in [4.78, 5) is 13.1. The number of aliphatic hydroxyl groups is 1. The molecule has 224 valence electrons. The van der Waals surface area contributed by atoms with E-state index in [1.807, 2.05) is 0 Å². The number of hydrogen-bond donors (Lipinski definition) is 1. The summed E-state index contributed by atoms with van der Waals surface area (Å²) in [6.45, 7) is 0.915. The molecule has 4 nitrogen and oxygen atoms in total. The summed E-state index contributed by atoms with van der Waals surface area (Å²) in [5.74, 6) is 0.528. The Bertz CT molecular complexity index is 1060. The Kier molecular flexibility index (Phi) is 11.7. The van der Waals surface area contributed by atoms with Crippen molar-refractivity contribution >= 4 is 6.09 Å². The maximum atomic E-state index is 13.0. The highest BCUT2D eigenvalue weighted by atomic mass is 19.4. The minimum absolute atomic E-state index is 0.0833. The molecule has 0 atom stereocenters. The lowest BCUT2D eigenvalue weighted by Crippen LogP contribution is -2.25. The second kappa shape index (κ2) is 14.1. The van der Waals surface area contributed by atoms with Crippen molar-refractivity contribution in [2.75, 3.05) is 20.3 Å². The first-order chi connectivity index (χ1) is 18.6. The Morgan fingerprint density at radius 2 is 1.30 bits per heavy atom. The molecule has 40 heavy (non-hydrogen) atoms. The first-order valence-electron chi connectivity index (χ1n) is 12.4. The van der Waals surface area contributed by atoms with Crippen molar-refractivity contribution in [3.05, 3.63) is 70.3 Å². The number of hydrogen-bond acceptors (Lipinski definition) is 3. The number of nitrogens with zero attached hydrogens (tertiary/aromatic N) is 1. The Hall–Kier alpha value is -2.96. The van der Waals surface area contributed by atoms with Gasteiger partial charge in [-0.05, 0) is 53.8 Å². The molecule has 2 fully saturated rings. The number of alkyl halides is 9. The van der Waals surface area contributed by atoms with E-state index in [-0.39, 0.29) is 12.6 Å². The number of benzene rings is 2. The SMILES string of the molecule is CO.FC(F)(F)c1cccc(C(F)(F)F)c1.O=C1OCCN1Cc1cc(C(F)(F)F)ccc1CC1CCCCC1. The van der Waals surface area contributed by atoms with Gasteiger partial charge in [-0.15, -0.1) is 0 Å². The summed E-state index contributed by atoms with van der Waals surface area (Å²) in [6, 6.07) is 5.94. The van der Waals surface area contributed by atoms with Crippen molar-refractivity contribution in [1.29, 1.82) is 0 Å². The van der Waals surface area contributed by atoms with Crippen LogP contribution in [-0.2, 0) is 36.2 Å². The number of aliphatic hydroxyl groups excluding tert-OH is 1. The molecular weight excluding hydrogens is 557 g/mol. The van der Waals surface area contributed by atoms with Gasteiger partial charge in [0.1, 0.15) is 6.61 Å². The van der Waals surface area contributed by atoms with Crippen LogP contribution in [0.3, 0.4) is 0 Å². The monoisotopic (exact) mass is 587 g/mol. The third-order valence-corrected chi connectivity index (χ3v) is 6.49. The molecule has 0 unspecified atom stereocenters. The first-order valence-corrected chi connectivity index (χ1v) is 12.4. The Morgan fingerprint density at radius 1 is 0.775 bits per heavy atom. The summed E-state index contributed by atoms with van der Waals surface area (Å²) in [7, 11) is 1.00. The first kappa shape index (κ1) is 33.2. The third-order valence-electron chi connectivity index (χ3n) is 6.49. The van der Waals surface area contributed by atoms with Gasteiger partial charge in [-0.25, -0.2) is 4.79 Å². The number of carbonyl (C=O) groups is 1. The van der Waals surface area contributed by atoms with Gasteiger partial charge in [-0.3, -0.25) is 0 Å².